The van der Waals surface area contributed by atoms with E-state index >= 15 is 0 Å². The van der Waals surface area contributed by atoms with Gasteiger partial charge in [0, 0.05) is 20.1 Å². The van der Waals surface area contributed by atoms with E-state index in [1.165, 1.54) is 0 Å². The van der Waals surface area contributed by atoms with Crippen LogP contribution in [0, 0.1) is 0 Å². The second kappa shape index (κ2) is 9.34. The molecule has 9 heteroatoms. The van der Waals surface area contributed by atoms with Gasteiger partial charge < -0.3 is 20.2 Å². The zero-order valence-corrected chi connectivity index (χ0v) is 14.0. The molecule has 2 heterocycles. The van der Waals surface area contributed by atoms with Gasteiger partial charge in [0.15, 0.2) is 11.7 Å². The van der Waals surface area contributed by atoms with E-state index in [9.17, 15) is 0 Å². The Labute approximate surface area is 139 Å². The van der Waals surface area contributed by atoms with Gasteiger partial charge in [-0.1, -0.05) is 0 Å². The highest BCUT2D eigenvalue weighted by molar-refractivity contribution is 14.0. The summed E-state index contributed by atoms with van der Waals surface area (Å²) in [5.41, 5.74) is 5.68. The molecule has 0 saturated carbocycles. The highest BCUT2D eigenvalue weighted by atomic mass is 127. The summed E-state index contributed by atoms with van der Waals surface area (Å²) in [6.45, 7) is 1.71. The lowest BCUT2D eigenvalue weighted by Gasteiger charge is -2.03. The van der Waals surface area contributed by atoms with Gasteiger partial charge in [0.05, 0.1) is 19.4 Å². The van der Waals surface area contributed by atoms with Gasteiger partial charge in [-0.3, -0.25) is 10.1 Å². The summed E-state index contributed by atoms with van der Waals surface area (Å²) in [6.07, 6.45) is 2.25. The number of ether oxygens (including phenoxy) is 1. The first-order valence-electron chi connectivity index (χ1n) is 6.27. The summed E-state index contributed by atoms with van der Waals surface area (Å²) in [4.78, 5) is 8.41. The van der Waals surface area contributed by atoms with Crippen molar-refractivity contribution in [3.63, 3.8) is 0 Å². The fraction of sp³-hybridized carbons (Fsp3) is 0.417. The molecule has 2 aromatic heterocycles. The molecule has 0 atom stereocenters. The molecule has 0 amide bonds. The van der Waals surface area contributed by atoms with Crippen molar-refractivity contribution >= 4 is 29.9 Å². The van der Waals surface area contributed by atoms with Crippen molar-refractivity contribution in [3.05, 3.63) is 24.2 Å². The van der Waals surface area contributed by atoms with Crippen LogP contribution >= 0.6 is 24.0 Å². The molecule has 8 nitrogen and oxygen atoms in total. The highest BCUT2D eigenvalue weighted by Crippen LogP contribution is 2.14. The molecule has 2 rings (SSSR count). The van der Waals surface area contributed by atoms with Crippen LogP contribution < -0.4 is 11.1 Å². The van der Waals surface area contributed by atoms with Crippen molar-refractivity contribution in [1.29, 1.82) is 0 Å². The fourth-order valence-electron chi connectivity index (χ4n) is 1.55. The number of hydrogen-bond donors (Lipinski definition) is 3. The molecular formula is C12H19IN6O2. The second-order valence-corrected chi connectivity index (χ2v) is 4.02. The molecule has 0 aromatic carbocycles. The molecule has 0 radical (unpaired) electrons. The van der Waals surface area contributed by atoms with Crippen LogP contribution in [0.5, 0.6) is 0 Å². The van der Waals surface area contributed by atoms with Crippen LogP contribution in [-0.2, 0) is 11.2 Å². The number of hydrogen-bond acceptors (Lipinski definition) is 5. The monoisotopic (exact) mass is 406 g/mol. The Kier molecular flexibility index (Phi) is 7.75. The van der Waals surface area contributed by atoms with E-state index in [0.29, 0.717) is 43.7 Å². The Hall–Kier alpha value is -1.62. The normalized spacial score (nSPS) is 11.2. The number of nitrogens with one attached hydrogen (secondary N) is 2. The second-order valence-electron chi connectivity index (χ2n) is 4.02. The van der Waals surface area contributed by atoms with Crippen molar-refractivity contribution in [2.75, 3.05) is 26.8 Å². The van der Waals surface area contributed by atoms with Gasteiger partial charge in [-0.25, -0.2) is 4.98 Å². The summed E-state index contributed by atoms with van der Waals surface area (Å²) >= 11 is 0. The Morgan fingerprint density at radius 2 is 2.43 bits per heavy atom. The number of aliphatic imine (C=N–C) groups is 1. The van der Waals surface area contributed by atoms with Crippen LogP contribution in [0.4, 0.5) is 0 Å². The third-order valence-electron chi connectivity index (χ3n) is 2.52. The van der Waals surface area contributed by atoms with Gasteiger partial charge in [0.2, 0.25) is 5.82 Å². The Morgan fingerprint density at radius 3 is 3.14 bits per heavy atom. The molecule has 4 N–H and O–H groups in total. The Morgan fingerprint density at radius 1 is 1.57 bits per heavy atom. The molecule has 0 aliphatic carbocycles. The minimum atomic E-state index is 0. The Balaban J connectivity index is 0.00000220. The summed E-state index contributed by atoms with van der Waals surface area (Å²) in [5, 5.41) is 9.93. The number of rotatable bonds is 7. The first-order chi connectivity index (χ1) is 9.79. The average molecular weight is 406 g/mol. The summed E-state index contributed by atoms with van der Waals surface area (Å²) < 4.78 is 10.1. The summed E-state index contributed by atoms with van der Waals surface area (Å²) in [5.74, 6) is 2.34. The van der Waals surface area contributed by atoms with E-state index in [4.69, 9.17) is 14.9 Å². The first kappa shape index (κ1) is 17.4. The first-order valence-corrected chi connectivity index (χ1v) is 6.27. The van der Waals surface area contributed by atoms with Gasteiger partial charge in [0.25, 0.3) is 0 Å². The summed E-state index contributed by atoms with van der Waals surface area (Å²) in [6, 6.07) is 3.61. The molecule has 0 bridgehead atoms. The number of furan rings is 1. The molecule has 21 heavy (non-hydrogen) atoms. The molecule has 2 aromatic rings. The number of aromatic nitrogens is 3. The third kappa shape index (κ3) is 5.71. The molecule has 0 fully saturated rings. The Bertz CT molecular complexity index is 540. The van der Waals surface area contributed by atoms with Crippen LogP contribution in [0.1, 0.15) is 5.82 Å². The van der Waals surface area contributed by atoms with E-state index in [1.54, 1.807) is 19.4 Å². The number of nitrogens with zero attached hydrogens (tertiary/aromatic N) is 3. The molecule has 0 unspecified atom stereocenters. The van der Waals surface area contributed by atoms with Crippen molar-refractivity contribution in [2.24, 2.45) is 10.7 Å². The topological polar surface area (TPSA) is 114 Å². The van der Waals surface area contributed by atoms with E-state index < -0.39 is 0 Å². The number of halogens is 1. The SMILES string of the molecule is COCCN=C(N)NCCc1nc(-c2ccco2)n[nH]1.I. The minimum absolute atomic E-state index is 0. The minimum Gasteiger partial charge on any atom is -0.461 e. The fourth-order valence-corrected chi connectivity index (χ4v) is 1.55. The van der Waals surface area contributed by atoms with Crippen LogP contribution in [0.25, 0.3) is 11.6 Å². The van der Waals surface area contributed by atoms with E-state index in [-0.39, 0.29) is 24.0 Å². The van der Waals surface area contributed by atoms with E-state index in [2.05, 4.69) is 25.5 Å². The van der Waals surface area contributed by atoms with Gasteiger partial charge in [-0.15, -0.1) is 24.0 Å². The number of H-pyrrole nitrogens is 1. The van der Waals surface area contributed by atoms with Crippen molar-refractivity contribution < 1.29 is 9.15 Å². The zero-order valence-electron chi connectivity index (χ0n) is 11.7. The van der Waals surface area contributed by atoms with Gasteiger partial charge in [-0.2, -0.15) is 5.10 Å². The molecule has 0 saturated heterocycles. The number of aromatic amines is 1. The molecule has 0 spiro atoms. The standard InChI is InChI=1S/C12H18N6O2.HI/c1-19-8-6-15-12(13)14-5-4-10-16-11(18-17-10)9-3-2-7-20-9;/h2-3,7H,4-6,8H2,1H3,(H3,13,14,15)(H,16,17,18);1H. The highest BCUT2D eigenvalue weighted by Gasteiger charge is 2.07. The lowest BCUT2D eigenvalue weighted by atomic mass is 10.4. The quantitative estimate of drug-likeness (QED) is 0.271. The van der Waals surface area contributed by atoms with Crippen molar-refractivity contribution in [2.45, 2.75) is 6.42 Å². The largest absolute Gasteiger partial charge is 0.461 e. The lowest BCUT2D eigenvalue weighted by molar-refractivity contribution is 0.208. The van der Waals surface area contributed by atoms with Gasteiger partial charge in [-0.05, 0) is 12.1 Å². The molecular weight excluding hydrogens is 387 g/mol. The van der Waals surface area contributed by atoms with Crippen molar-refractivity contribution in [3.8, 4) is 11.6 Å². The third-order valence-corrected chi connectivity index (χ3v) is 2.52. The maximum absolute atomic E-state index is 5.68. The van der Waals surface area contributed by atoms with Crippen LogP contribution in [0.2, 0.25) is 0 Å². The van der Waals surface area contributed by atoms with Gasteiger partial charge in [0.1, 0.15) is 5.82 Å². The number of guanidine groups is 1. The molecule has 0 aliphatic heterocycles. The average Bonchev–Trinajstić information content (AvgIpc) is 3.09. The van der Waals surface area contributed by atoms with Gasteiger partial charge >= 0.3 is 0 Å². The van der Waals surface area contributed by atoms with Crippen LogP contribution in [0.3, 0.4) is 0 Å². The summed E-state index contributed by atoms with van der Waals surface area (Å²) in [7, 11) is 1.62. The molecule has 116 valence electrons. The number of methoxy groups -OCH3 is 1. The van der Waals surface area contributed by atoms with E-state index in [0.717, 1.165) is 5.82 Å². The van der Waals surface area contributed by atoms with Crippen LogP contribution in [0.15, 0.2) is 27.8 Å². The zero-order chi connectivity index (χ0) is 14.2. The van der Waals surface area contributed by atoms with Crippen molar-refractivity contribution in [1.82, 2.24) is 20.5 Å². The predicted molar refractivity (Wildman–Crippen MR) is 89.6 cm³/mol. The smallest absolute Gasteiger partial charge is 0.216 e. The van der Waals surface area contributed by atoms with E-state index in [1.807, 2.05) is 6.07 Å². The molecule has 0 aliphatic rings. The van der Waals surface area contributed by atoms with Crippen LogP contribution in [-0.4, -0.2) is 47.9 Å². The maximum Gasteiger partial charge on any atom is 0.216 e. The predicted octanol–water partition coefficient (Wildman–Crippen LogP) is 0.776. The maximum atomic E-state index is 5.68. The lowest BCUT2D eigenvalue weighted by Crippen LogP contribution is -2.33. The number of nitrogens with two attached hydrogens (primary N) is 1.